The van der Waals surface area contributed by atoms with Crippen molar-refractivity contribution in [1.29, 1.82) is 0 Å². The van der Waals surface area contributed by atoms with E-state index >= 15 is 0 Å². The van der Waals surface area contributed by atoms with E-state index in [9.17, 15) is 13.2 Å². The van der Waals surface area contributed by atoms with E-state index in [1.54, 1.807) is 6.07 Å². The fourth-order valence-corrected chi connectivity index (χ4v) is 5.41. The van der Waals surface area contributed by atoms with Crippen LogP contribution in [0.5, 0.6) is 11.5 Å². The molecular formula is C19H27ClN2O5S. The van der Waals surface area contributed by atoms with Gasteiger partial charge in [-0.05, 0) is 43.4 Å². The molecule has 3 heterocycles. The number of rotatable bonds is 4. The van der Waals surface area contributed by atoms with Crippen LogP contribution in [0.2, 0.25) is 0 Å². The van der Waals surface area contributed by atoms with Crippen LogP contribution in [0.4, 0.5) is 0 Å². The number of nitrogens with zero attached hydrogens (tertiary/aromatic N) is 1. The number of likely N-dealkylation sites (tertiary alicyclic amines) is 1. The Morgan fingerprint density at radius 1 is 1.11 bits per heavy atom. The van der Waals surface area contributed by atoms with E-state index in [0.717, 1.165) is 39.0 Å². The van der Waals surface area contributed by atoms with Crippen molar-refractivity contribution in [3.8, 4) is 11.5 Å². The van der Waals surface area contributed by atoms with Gasteiger partial charge in [-0.1, -0.05) is 0 Å². The molecule has 0 saturated carbocycles. The van der Waals surface area contributed by atoms with Crippen LogP contribution in [0.1, 0.15) is 25.7 Å². The van der Waals surface area contributed by atoms with Gasteiger partial charge >= 0.3 is 0 Å². The number of amides is 1. The molecule has 0 bridgehead atoms. The van der Waals surface area contributed by atoms with Crippen molar-refractivity contribution < 1.29 is 22.7 Å². The van der Waals surface area contributed by atoms with Gasteiger partial charge in [-0.3, -0.25) is 4.79 Å². The highest BCUT2D eigenvalue weighted by molar-refractivity contribution is 7.91. The summed E-state index contributed by atoms with van der Waals surface area (Å²) < 4.78 is 36.1. The van der Waals surface area contributed by atoms with Gasteiger partial charge < -0.3 is 19.7 Å². The zero-order valence-electron chi connectivity index (χ0n) is 15.8. The van der Waals surface area contributed by atoms with Gasteiger partial charge in [0.2, 0.25) is 5.91 Å². The Hall–Kier alpha value is -1.51. The van der Waals surface area contributed by atoms with Crippen LogP contribution in [0.25, 0.3) is 0 Å². The molecule has 1 amide bonds. The molecule has 156 valence electrons. The van der Waals surface area contributed by atoms with Gasteiger partial charge in [0, 0.05) is 32.1 Å². The van der Waals surface area contributed by atoms with Crippen molar-refractivity contribution in [2.75, 3.05) is 45.1 Å². The first-order chi connectivity index (χ1) is 13.0. The molecule has 1 spiro atoms. The molecule has 3 aliphatic rings. The lowest BCUT2D eigenvalue weighted by Gasteiger charge is -2.39. The molecule has 3 aliphatic heterocycles. The molecule has 2 fully saturated rings. The highest BCUT2D eigenvalue weighted by atomic mass is 35.5. The third-order valence-electron chi connectivity index (χ3n) is 5.97. The van der Waals surface area contributed by atoms with E-state index in [-0.39, 0.29) is 35.4 Å². The summed E-state index contributed by atoms with van der Waals surface area (Å²) in [6.45, 7) is 4.41. The first-order valence-corrected chi connectivity index (χ1v) is 11.2. The molecule has 0 atom stereocenters. The third-order valence-corrected chi connectivity index (χ3v) is 7.68. The SMILES string of the molecule is Cl.O=C(CCS(=O)(=O)c1ccc2c(c1)OCCO2)N1CCC2(CCNC2)CC1. The second-order valence-electron chi connectivity index (χ2n) is 7.68. The Balaban J connectivity index is 0.00000225. The fraction of sp³-hybridized carbons (Fsp3) is 0.632. The molecule has 1 aromatic rings. The Morgan fingerprint density at radius 2 is 1.82 bits per heavy atom. The quantitative estimate of drug-likeness (QED) is 0.781. The summed E-state index contributed by atoms with van der Waals surface area (Å²) in [7, 11) is -3.54. The molecule has 9 heteroatoms. The van der Waals surface area contributed by atoms with Crippen molar-refractivity contribution >= 4 is 28.2 Å². The minimum Gasteiger partial charge on any atom is -0.486 e. The molecular weight excluding hydrogens is 404 g/mol. The minimum atomic E-state index is -3.54. The molecule has 28 heavy (non-hydrogen) atoms. The van der Waals surface area contributed by atoms with Crippen LogP contribution in [-0.2, 0) is 14.6 Å². The lowest BCUT2D eigenvalue weighted by atomic mass is 9.78. The topological polar surface area (TPSA) is 84.9 Å². The molecule has 1 aromatic carbocycles. The number of fused-ring (bicyclic) bond motifs is 1. The maximum absolute atomic E-state index is 12.6. The number of carbonyl (C=O) groups is 1. The second-order valence-corrected chi connectivity index (χ2v) is 9.79. The summed E-state index contributed by atoms with van der Waals surface area (Å²) in [5.41, 5.74) is 0.341. The molecule has 0 radical (unpaired) electrons. The van der Waals surface area contributed by atoms with Gasteiger partial charge in [0.15, 0.2) is 21.3 Å². The summed E-state index contributed by atoms with van der Waals surface area (Å²) in [6, 6.07) is 4.63. The Bertz CT molecular complexity index is 814. The van der Waals surface area contributed by atoms with E-state index < -0.39 is 9.84 Å². The van der Waals surface area contributed by atoms with Gasteiger partial charge in [0.05, 0.1) is 10.6 Å². The predicted octanol–water partition coefficient (Wildman–Crippen LogP) is 1.65. The standard InChI is InChI=1S/C19H26N2O5S.ClH/c22-18(21-8-5-19(6-9-21)4-7-20-14-19)3-12-27(23,24)15-1-2-16-17(13-15)26-11-10-25-16;/h1-2,13,20H,3-12,14H2;1H. The lowest BCUT2D eigenvalue weighted by molar-refractivity contribution is -0.132. The van der Waals surface area contributed by atoms with E-state index in [1.807, 2.05) is 4.90 Å². The largest absolute Gasteiger partial charge is 0.486 e. The number of halogens is 1. The summed E-state index contributed by atoms with van der Waals surface area (Å²) in [4.78, 5) is 14.5. The average Bonchev–Trinajstić information content (AvgIpc) is 3.14. The normalized spacial score (nSPS) is 20.6. The zero-order valence-corrected chi connectivity index (χ0v) is 17.4. The second kappa shape index (κ2) is 8.47. The molecule has 2 saturated heterocycles. The summed E-state index contributed by atoms with van der Waals surface area (Å²) in [5, 5.41) is 3.41. The number of hydrogen-bond acceptors (Lipinski definition) is 6. The molecule has 0 aliphatic carbocycles. The van der Waals surface area contributed by atoms with Gasteiger partial charge in [-0.15, -0.1) is 12.4 Å². The van der Waals surface area contributed by atoms with E-state index in [1.165, 1.54) is 18.6 Å². The average molecular weight is 431 g/mol. The maximum atomic E-state index is 12.6. The maximum Gasteiger partial charge on any atom is 0.223 e. The molecule has 1 N–H and O–H groups in total. The first-order valence-electron chi connectivity index (χ1n) is 9.58. The molecule has 4 rings (SSSR count). The number of benzene rings is 1. The Labute approximate surface area is 172 Å². The smallest absolute Gasteiger partial charge is 0.223 e. The van der Waals surface area contributed by atoms with Gasteiger partial charge in [0.25, 0.3) is 0 Å². The van der Waals surface area contributed by atoms with Gasteiger partial charge in [0.1, 0.15) is 13.2 Å². The monoisotopic (exact) mass is 430 g/mol. The highest BCUT2D eigenvalue weighted by Gasteiger charge is 2.38. The highest BCUT2D eigenvalue weighted by Crippen LogP contribution is 2.37. The molecule has 0 aromatic heterocycles. The number of nitrogens with one attached hydrogen (secondary N) is 1. The number of piperidine rings is 1. The minimum absolute atomic E-state index is 0. The van der Waals surface area contributed by atoms with Crippen LogP contribution in [0.15, 0.2) is 23.1 Å². The molecule has 7 nitrogen and oxygen atoms in total. The van der Waals surface area contributed by atoms with Crippen molar-refractivity contribution in [2.24, 2.45) is 5.41 Å². The van der Waals surface area contributed by atoms with Gasteiger partial charge in [-0.2, -0.15) is 0 Å². The Morgan fingerprint density at radius 3 is 2.50 bits per heavy atom. The van der Waals surface area contributed by atoms with Crippen LogP contribution < -0.4 is 14.8 Å². The summed E-state index contributed by atoms with van der Waals surface area (Å²) in [5.74, 6) is 0.742. The lowest BCUT2D eigenvalue weighted by Crippen LogP contribution is -2.44. The van der Waals surface area contributed by atoms with Crippen LogP contribution >= 0.6 is 12.4 Å². The van der Waals surface area contributed by atoms with Crippen LogP contribution in [0.3, 0.4) is 0 Å². The predicted molar refractivity (Wildman–Crippen MR) is 107 cm³/mol. The molecule has 0 unspecified atom stereocenters. The van der Waals surface area contributed by atoms with Gasteiger partial charge in [-0.25, -0.2) is 8.42 Å². The fourth-order valence-electron chi connectivity index (χ4n) is 4.17. The number of sulfone groups is 1. The number of hydrogen-bond donors (Lipinski definition) is 1. The zero-order chi connectivity index (χ0) is 18.9. The van der Waals surface area contributed by atoms with Crippen molar-refractivity contribution in [3.05, 3.63) is 18.2 Å². The van der Waals surface area contributed by atoms with Crippen molar-refractivity contribution in [1.82, 2.24) is 10.2 Å². The summed E-state index contributed by atoms with van der Waals surface area (Å²) in [6.07, 6.45) is 3.19. The van der Waals surface area contributed by atoms with E-state index in [4.69, 9.17) is 9.47 Å². The summed E-state index contributed by atoms with van der Waals surface area (Å²) >= 11 is 0. The van der Waals surface area contributed by atoms with E-state index in [2.05, 4.69) is 5.32 Å². The van der Waals surface area contributed by atoms with Crippen molar-refractivity contribution in [2.45, 2.75) is 30.6 Å². The van der Waals surface area contributed by atoms with Crippen molar-refractivity contribution in [3.63, 3.8) is 0 Å². The Kier molecular flexibility index (Phi) is 6.41. The van der Waals surface area contributed by atoms with E-state index in [0.29, 0.717) is 30.1 Å². The van der Waals surface area contributed by atoms with Crippen LogP contribution in [-0.4, -0.2) is 64.4 Å². The number of ether oxygens (including phenoxy) is 2. The first kappa shape index (κ1) is 21.2. The third kappa shape index (κ3) is 4.39. The van der Waals surface area contributed by atoms with Crippen LogP contribution in [0, 0.1) is 5.41 Å². The number of carbonyl (C=O) groups excluding carboxylic acids is 1.